The van der Waals surface area contributed by atoms with Gasteiger partial charge in [0.1, 0.15) is 11.5 Å². The average molecular weight is 414 g/mol. The fourth-order valence-electron chi connectivity index (χ4n) is 2.12. The summed E-state index contributed by atoms with van der Waals surface area (Å²) < 4.78 is 38.7. The number of carbonyl (C=O) groups excluding carboxylic acids is 2. The smallest absolute Gasteiger partial charge is 0.387 e. The van der Waals surface area contributed by atoms with Crippen LogP contribution in [0.4, 0.5) is 14.5 Å². The highest BCUT2D eigenvalue weighted by Crippen LogP contribution is 2.28. The molecule has 0 aliphatic carbocycles. The molecular weight excluding hydrogens is 396 g/mol. The number of benzene rings is 2. The summed E-state index contributed by atoms with van der Waals surface area (Å²) in [6, 6.07) is 11.0. The van der Waals surface area contributed by atoms with Crippen molar-refractivity contribution in [3.8, 4) is 11.5 Å². The summed E-state index contributed by atoms with van der Waals surface area (Å²) in [4.78, 5) is 23.5. The van der Waals surface area contributed by atoms with Crippen LogP contribution in [0, 0.1) is 0 Å². The van der Waals surface area contributed by atoms with Crippen molar-refractivity contribution in [3.05, 3.63) is 53.1 Å². The zero-order chi connectivity index (χ0) is 20.5. The molecule has 0 bridgehead atoms. The van der Waals surface area contributed by atoms with E-state index < -0.39 is 25.1 Å². The largest absolute Gasteiger partial charge is 0.482 e. The first-order valence-corrected chi connectivity index (χ1v) is 8.66. The molecule has 0 aromatic heterocycles. The molecule has 2 rings (SSSR count). The second kappa shape index (κ2) is 10.5. The van der Waals surface area contributed by atoms with E-state index in [0.717, 1.165) is 12.0 Å². The van der Waals surface area contributed by atoms with E-state index in [9.17, 15) is 18.4 Å². The molecule has 0 radical (unpaired) electrons. The summed E-state index contributed by atoms with van der Waals surface area (Å²) in [5.41, 5.74) is 1.38. The fraction of sp³-hybridized carbons (Fsp3) is 0.263. The van der Waals surface area contributed by atoms with E-state index in [0.29, 0.717) is 5.75 Å². The minimum absolute atomic E-state index is 0.0995. The summed E-state index contributed by atoms with van der Waals surface area (Å²) in [6.07, 6.45) is 0.893. The summed E-state index contributed by atoms with van der Waals surface area (Å²) in [7, 11) is 0. The first kappa shape index (κ1) is 21.4. The number of esters is 1. The van der Waals surface area contributed by atoms with Crippen molar-refractivity contribution in [2.45, 2.75) is 20.0 Å². The van der Waals surface area contributed by atoms with Crippen LogP contribution in [0.5, 0.6) is 11.5 Å². The third kappa shape index (κ3) is 7.03. The van der Waals surface area contributed by atoms with E-state index in [1.165, 1.54) is 18.2 Å². The molecule has 1 N–H and O–H groups in total. The number of amides is 1. The van der Waals surface area contributed by atoms with Crippen molar-refractivity contribution in [2.24, 2.45) is 0 Å². The Bertz CT molecular complexity index is 814. The van der Waals surface area contributed by atoms with Crippen molar-refractivity contribution in [2.75, 3.05) is 18.5 Å². The summed E-state index contributed by atoms with van der Waals surface area (Å²) in [5, 5.41) is 2.32. The Hall–Kier alpha value is -2.87. The van der Waals surface area contributed by atoms with Gasteiger partial charge in [0, 0.05) is 5.69 Å². The summed E-state index contributed by atoms with van der Waals surface area (Å²) >= 11 is 5.79. The van der Waals surface area contributed by atoms with Crippen LogP contribution in [0.1, 0.15) is 12.5 Å². The maximum Gasteiger partial charge on any atom is 0.387 e. The van der Waals surface area contributed by atoms with Gasteiger partial charge in [-0.15, -0.1) is 0 Å². The zero-order valence-corrected chi connectivity index (χ0v) is 15.7. The van der Waals surface area contributed by atoms with Crippen LogP contribution in [-0.2, 0) is 20.7 Å². The lowest BCUT2D eigenvalue weighted by molar-refractivity contribution is -0.149. The molecule has 6 nitrogen and oxygen atoms in total. The van der Waals surface area contributed by atoms with Crippen molar-refractivity contribution in [3.63, 3.8) is 0 Å². The molecule has 0 saturated carbocycles. The minimum atomic E-state index is -3.01. The quantitative estimate of drug-likeness (QED) is 0.627. The molecule has 2 aromatic carbocycles. The molecule has 0 atom stereocenters. The van der Waals surface area contributed by atoms with Gasteiger partial charge < -0.3 is 19.5 Å². The van der Waals surface area contributed by atoms with Crippen LogP contribution in [0.2, 0.25) is 5.02 Å². The Labute approximate surface area is 165 Å². The molecule has 0 fully saturated rings. The second-order valence-electron chi connectivity index (χ2n) is 5.52. The van der Waals surface area contributed by atoms with Gasteiger partial charge in [-0.05, 0) is 42.3 Å². The molecule has 150 valence electrons. The van der Waals surface area contributed by atoms with Crippen molar-refractivity contribution in [1.29, 1.82) is 0 Å². The van der Waals surface area contributed by atoms with E-state index in [1.54, 1.807) is 12.1 Å². The predicted molar refractivity (Wildman–Crippen MR) is 99.0 cm³/mol. The maximum atomic E-state index is 12.2. The average Bonchev–Trinajstić information content (AvgIpc) is 2.67. The molecular formula is C19H18ClF2NO5. The lowest BCUT2D eigenvalue weighted by Gasteiger charge is -2.10. The van der Waals surface area contributed by atoms with Crippen LogP contribution in [0.3, 0.4) is 0 Å². The number of hydrogen-bond donors (Lipinski definition) is 1. The fourth-order valence-corrected chi connectivity index (χ4v) is 2.34. The Balaban J connectivity index is 1.75. The number of ether oxygens (including phenoxy) is 3. The van der Waals surface area contributed by atoms with Crippen LogP contribution in [0.25, 0.3) is 0 Å². The van der Waals surface area contributed by atoms with Gasteiger partial charge in [-0.25, -0.2) is 4.79 Å². The van der Waals surface area contributed by atoms with Crippen LogP contribution in [-0.4, -0.2) is 31.7 Å². The van der Waals surface area contributed by atoms with Gasteiger partial charge in [-0.1, -0.05) is 30.7 Å². The Morgan fingerprint density at radius 2 is 1.82 bits per heavy atom. The third-order valence-electron chi connectivity index (χ3n) is 3.48. The highest BCUT2D eigenvalue weighted by atomic mass is 35.5. The van der Waals surface area contributed by atoms with Gasteiger partial charge in [0.05, 0.1) is 5.02 Å². The first-order valence-electron chi connectivity index (χ1n) is 8.29. The minimum Gasteiger partial charge on any atom is -0.482 e. The predicted octanol–water partition coefficient (Wildman–Crippen LogP) is 4.06. The highest BCUT2D eigenvalue weighted by Gasteiger charge is 2.12. The number of alkyl halides is 2. The van der Waals surface area contributed by atoms with Gasteiger partial charge in [-0.3, -0.25) is 4.79 Å². The number of rotatable bonds is 9. The molecule has 0 aliphatic heterocycles. The number of nitrogens with one attached hydrogen (secondary N) is 1. The van der Waals surface area contributed by atoms with Crippen molar-refractivity contribution < 1.29 is 32.6 Å². The topological polar surface area (TPSA) is 73.9 Å². The molecule has 28 heavy (non-hydrogen) atoms. The third-order valence-corrected chi connectivity index (χ3v) is 3.78. The normalized spacial score (nSPS) is 10.5. The Morgan fingerprint density at radius 1 is 1.11 bits per heavy atom. The number of anilines is 1. The standard InChI is InChI=1S/C19H18ClF2NO5/c1-2-12-3-6-14(7-4-12)26-11-18(25)27-10-17(24)23-13-5-8-16(15(20)9-13)28-19(21)22/h3-9,19H,2,10-11H2,1H3,(H,23,24). The SMILES string of the molecule is CCc1ccc(OCC(=O)OCC(=O)Nc2ccc(OC(F)F)c(Cl)c2)cc1. The Kier molecular flexibility index (Phi) is 8.01. The van der Waals surface area contributed by atoms with Crippen molar-refractivity contribution in [1.82, 2.24) is 0 Å². The molecule has 0 saturated heterocycles. The monoisotopic (exact) mass is 413 g/mol. The lowest BCUT2D eigenvalue weighted by Crippen LogP contribution is -2.23. The number of carbonyl (C=O) groups is 2. The zero-order valence-electron chi connectivity index (χ0n) is 14.9. The van der Waals surface area contributed by atoms with E-state index in [2.05, 4.69) is 10.1 Å². The van der Waals surface area contributed by atoms with E-state index in [-0.39, 0.29) is 23.1 Å². The van der Waals surface area contributed by atoms with Crippen LogP contribution in [0.15, 0.2) is 42.5 Å². The molecule has 9 heteroatoms. The lowest BCUT2D eigenvalue weighted by atomic mass is 10.2. The second-order valence-corrected chi connectivity index (χ2v) is 5.93. The van der Waals surface area contributed by atoms with Gasteiger partial charge in [0.25, 0.3) is 5.91 Å². The molecule has 0 heterocycles. The maximum absolute atomic E-state index is 12.2. The van der Waals surface area contributed by atoms with Crippen LogP contribution >= 0.6 is 11.6 Å². The first-order chi connectivity index (χ1) is 13.4. The Morgan fingerprint density at radius 3 is 2.43 bits per heavy atom. The summed E-state index contributed by atoms with van der Waals surface area (Å²) in [6.45, 7) is -1.87. The van der Waals surface area contributed by atoms with Gasteiger partial charge in [0.15, 0.2) is 13.2 Å². The van der Waals surface area contributed by atoms with Crippen LogP contribution < -0.4 is 14.8 Å². The highest BCUT2D eigenvalue weighted by molar-refractivity contribution is 6.32. The van der Waals surface area contributed by atoms with Crippen molar-refractivity contribution >= 4 is 29.2 Å². The number of hydrogen-bond acceptors (Lipinski definition) is 5. The molecule has 1 amide bonds. The number of halogens is 3. The summed E-state index contributed by atoms with van der Waals surface area (Å²) in [5.74, 6) is -1.04. The molecule has 0 aliphatic rings. The van der Waals surface area contributed by atoms with E-state index >= 15 is 0 Å². The molecule has 0 unspecified atom stereocenters. The van der Waals surface area contributed by atoms with E-state index in [1.807, 2.05) is 19.1 Å². The van der Waals surface area contributed by atoms with Gasteiger partial charge in [0.2, 0.25) is 0 Å². The van der Waals surface area contributed by atoms with Gasteiger partial charge >= 0.3 is 12.6 Å². The molecule has 0 spiro atoms. The van der Waals surface area contributed by atoms with Gasteiger partial charge in [-0.2, -0.15) is 8.78 Å². The molecule has 2 aromatic rings. The number of aryl methyl sites for hydroxylation is 1. The van der Waals surface area contributed by atoms with E-state index in [4.69, 9.17) is 21.1 Å².